The Labute approximate surface area is 248 Å². The number of halogens is 3. The third-order valence-electron chi connectivity index (χ3n) is 7.62. The number of hydrogen-bond donors (Lipinski definition) is 3. The number of rotatable bonds is 7. The molecule has 1 unspecified atom stereocenters. The average molecular weight is 618 g/mol. The maximum atomic E-state index is 12.9. The van der Waals surface area contributed by atoms with Crippen LogP contribution in [0.3, 0.4) is 0 Å². The van der Waals surface area contributed by atoms with Crippen LogP contribution < -0.4 is 10.6 Å². The lowest BCUT2D eigenvalue weighted by Crippen LogP contribution is -2.43. The minimum Gasteiger partial charge on any atom is -0.414 e. The van der Waals surface area contributed by atoms with E-state index in [1.807, 2.05) is 0 Å². The lowest BCUT2D eigenvalue weighted by molar-refractivity contribution is -0.173. The molecular weight excluding hydrogens is 583 g/mol. The number of anilines is 1. The molecule has 1 saturated heterocycles. The predicted molar refractivity (Wildman–Crippen MR) is 156 cm³/mol. The summed E-state index contributed by atoms with van der Waals surface area (Å²) in [4.78, 5) is 32.7. The van der Waals surface area contributed by atoms with Gasteiger partial charge in [-0.3, -0.25) is 9.59 Å². The number of carbonyl (C=O) groups excluding carboxylic acids is 2. The second kappa shape index (κ2) is 12.5. The van der Waals surface area contributed by atoms with Crippen molar-refractivity contribution in [1.29, 1.82) is 0 Å². The smallest absolute Gasteiger partial charge is 0.414 e. The van der Waals surface area contributed by atoms with Crippen molar-refractivity contribution in [1.82, 2.24) is 19.9 Å². The maximum absolute atomic E-state index is 12.9. The lowest BCUT2D eigenvalue weighted by atomic mass is 10.2. The van der Waals surface area contributed by atoms with Crippen LogP contribution in [0.25, 0.3) is 11.0 Å². The van der Waals surface area contributed by atoms with Gasteiger partial charge in [0.2, 0.25) is 0 Å². The number of alkyl halides is 3. The molecule has 14 heteroatoms. The first kappa shape index (κ1) is 32.1. The fourth-order valence-corrected chi connectivity index (χ4v) is 5.18. The Morgan fingerprint density at radius 1 is 1.19 bits per heavy atom. The van der Waals surface area contributed by atoms with E-state index in [1.54, 1.807) is 46.4 Å². The van der Waals surface area contributed by atoms with Gasteiger partial charge in [-0.2, -0.15) is 13.2 Å². The molecule has 2 aromatic heterocycles. The van der Waals surface area contributed by atoms with Crippen LogP contribution in [-0.4, -0.2) is 71.3 Å². The van der Waals surface area contributed by atoms with Crippen LogP contribution in [0.4, 0.5) is 19.0 Å². The molecule has 0 aliphatic carbocycles. The van der Waals surface area contributed by atoms with E-state index in [4.69, 9.17) is 9.16 Å². The maximum Gasteiger partial charge on any atom is 0.471 e. The monoisotopic (exact) mass is 617 g/mol. The first-order chi connectivity index (χ1) is 20.1. The van der Waals surface area contributed by atoms with E-state index < -0.39 is 51.3 Å². The molecule has 0 radical (unpaired) electrons. The number of nitrogens with zero attached hydrogens (tertiary/aromatic N) is 3. The zero-order valence-corrected chi connectivity index (χ0v) is 25.5. The van der Waals surface area contributed by atoms with E-state index in [0.29, 0.717) is 16.6 Å². The molecule has 230 valence electrons. The van der Waals surface area contributed by atoms with Crippen molar-refractivity contribution in [2.45, 2.75) is 69.9 Å². The first-order valence-corrected chi connectivity index (χ1v) is 16.5. The molecule has 3 N–H and O–H groups in total. The fourth-order valence-electron chi connectivity index (χ4n) is 4.17. The molecule has 43 heavy (non-hydrogen) atoms. The number of nitrogens with one attached hydrogen (secondary N) is 2. The molecule has 3 heterocycles. The van der Waals surface area contributed by atoms with Crippen molar-refractivity contribution in [3.8, 4) is 11.8 Å². The van der Waals surface area contributed by atoms with Crippen molar-refractivity contribution in [3.63, 3.8) is 0 Å². The summed E-state index contributed by atoms with van der Waals surface area (Å²) < 4.78 is 51.9. The summed E-state index contributed by atoms with van der Waals surface area (Å²) in [5.41, 5.74) is 0.979. The van der Waals surface area contributed by atoms with Crippen molar-refractivity contribution in [3.05, 3.63) is 54.0 Å². The number of ether oxygens (including phenoxy) is 1. The van der Waals surface area contributed by atoms with Crippen LogP contribution in [0, 0.1) is 11.8 Å². The average Bonchev–Trinajstić information content (AvgIpc) is 3.49. The molecule has 1 aliphatic heterocycles. The first-order valence-electron chi connectivity index (χ1n) is 13.6. The molecule has 4 rings (SSSR count). The summed E-state index contributed by atoms with van der Waals surface area (Å²) in [6, 6.07) is 8.44. The van der Waals surface area contributed by atoms with Gasteiger partial charge in [-0.25, -0.2) is 9.97 Å². The van der Waals surface area contributed by atoms with Gasteiger partial charge in [-0.15, -0.1) is 0 Å². The number of fused-ring (bicyclic) bond motifs is 1. The van der Waals surface area contributed by atoms with Gasteiger partial charge in [0.15, 0.2) is 8.32 Å². The normalized spacial score (nSPS) is 19.1. The molecule has 0 spiro atoms. The topological polar surface area (TPSA) is 128 Å². The van der Waals surface area contributed by atoms with E-state index >= 15 is 0 Å². The number of aromatic nitrogens is 3. The number of amides is 2. The van der Waals surface area contributed by atoms with Gasteiger partial charge in [0.05, 0.1) is 30.2 Å². The van der Waals surface area contributed by atoms with Crippen LogP contribution in [-0.2, 0) is 14.0 Å². The highest BCUT2D eigenvalue weighted by atomic mass is 28.4. The largest absolute Gasteiger partial charge is 0.471 e. The van der Waals surface area contributed by atoms with E-state index in [0.717, 1.165) is 0 Å². The quantitative estimate of drug-likeness (QED) is 0.265. The molecule has 2 amide bonds. The Hall–Kier alpha value is -3.77. The second-order valence-corrected chi connectivity index (χ2v) is 16.5. The van der Waals surface area contributed by atoms with Gasteiger partial charge in [0.1, 0.15) is 30.1 Å². The summed E-state index contributed by atoms with van der Waals surface area (Å²) >= 11 is 0. The number of benzene rings is 1. The third-order valence-corrected chi connectivity index (χ3v) is 12.1. The number of aliphatic hydroxyl groups is 1. The van der Waals surface area contributed by atoms with Gasteiger partial charge in [0, 0.05) is 18.2 Å². The van der Waals surface area contributed by atoms with Crippen LogP contribution in [0.5, 0.6) is 0 Å². The summed E-state index contributed by atoms with van der Waals surface area (Å²) in [6.07, 6.45) is -4.13. The Balaban J connectivity index is 1.65. The lowest BCUT2D eigenvalue weighted by Gasteiger charge is -2.37. The van der Waals surface area contributed by atoms with Crippen molar-refractivity contribution >= 4 is 37.0 Å². The minimum atomic E-state index is -5.04. The van der Waals surface area contributed by atoms with Crippen LogP contribution >= 0.6 is 0 Å². The summed E-state index contributed by atoms with van der Waals surface area (Å²) in [6.45, 7) is 10.2. The van der Waals surface area contributed by atoms with Gasteiger partial charge >= 0.3 is 12.1 Å². The summed E-state index contributed by atoms with van der Waals surface area (Å²) in [7, 11) is -2.11. The molecule has 10 nitrogen and oxygen atoms in total. The zero-order valence-electron chi connectivity index (χ0n) is 24.5. The molecule has 1 aromatic carbocycles. The van der Waals surface area contributed by atoms with Gasteiger partial charge in [0.25, 0.3) is 5.91 Å². The number of aliphatic hydroxyl groups excluding tert-OH is 1. The van der Waals surface area contributed by atoms with E-state index in [1.165, 1.54) is 6.33 Å². The Morgan fingerprint density at radius 3 is 2.53 bits per heavy atom. The molecule has 0 bridgehead atoms. The molecule has 1 fully saturated rings. The van der Waals surface area contributed by atoms with Crippen LogP contribution in [0.1, 0.15) is 49.3 Å². The summed E-state index contributed by atoms with van der Waals surface area (Å²) in [5.74, 6) is 2.84. The highest BCUT2D eigenvalue weighted by Gasteiger charge is 2.41. The van der Waals surface area contributed by atoms with E-state index in [2.05, 4.69) is 61.0 Å². The number of carbonyl (C=O) groups is 2. The third kappa shape index (κ3) is 7.42. The van der Waals surface area contributed by atoms with Crippen LogP contribution in [0.15, 0.2) is 42.9 Å². The van der Waals surface area contributed by atoms with Crippen molar-refractivity contribution in [2.24, 2.45) is 0 Å². The minimum absolute atomic E-state index is 0.0305. The van der Waals surface area contributed by atoms with E-state index in [9.17, 15) is 27.9 Å². The SMILES string of the molecule is CC(C)(C)[Si](C)(C)OC[C@H]1O[C@@H](n2cc(C#CCNC(=O)C(F)(F)F)c3c(NC(=O)c4ccccc4)ncnc32)CC1O. The Morgan fingerprint density at radius 2 is 1.88 bits per heavy atom. The highest BCUT2D eigenvalue weighted by molar-refractivity contribution is 6.74. The summed E-state index contributed by atoms with van der Waals surface area (Å²) in [5, 5.41) is 15.6. The molecular formula is C29H34F3N5O5Si. The molecule has 1 aliphatic rings. The second-order valence-electron chi connectivity index (χ2n) is 11.7. The fraction of sp³-hybridized carbons (Fsp3) is 0.448. The van der Waals surface area contributed by atoms with Crippen LogP contribution in [0.2, 0.25) is 18.1 Å². The van der Waals surface area contributed by atoms with Gasteiger partial charge in [-0.1, -0.05) is 50.8 Å². The standard InChI is InChI=1S/C29H34F3N5O5Si/c1-28(2,3)43(4,5)41-16-21-20(38)14-22(42-21)37-15-19(12-9-13-33-27(40)29(30,31)32)23-24(34-17-35-25(23)37)36-26(39)18-10-7-6-8-11-18/h6-8,10-11,15,17,20-22,38H,13-14,16H2,1-5H3,(H,33,40)(H,34,35,36,39)/t20?,21-,22-/m1/s1. The molecule has 3 atom stereocenters. The van der Waals surface area contributed by atoms with Crippen molar-refractivity contribution in [2.75, 3.05) is 18.5 Å². The number of hydrogen-bond acceptors (Lipinski definition) is 7. The van der Waals surface area contributed by atoms with Gasteiger partial charge in [-0.05, 0) is 30.3 Å². The molecule has 3 aromatic rings. The highest BCUT2D eigenvalue weighted by Crippen LogP contribution is 2.39. The van der Waals surface area contributed by atoms with Crippen molar-refractivity contribution < 1.29 is 37.0 Å². The Bertz CT molecular complexity index is 1540. The Kier molecular flexibility index (Phi) is 9.31. The predicted octanol–water partition coefficient (Wildman–Crippen LogP) is 4.38. The van der Waals surface area contributed by atoms with E-state index in [-0.39, 0.29) is 29.4 Å². The molecule has 0 saturated carbocycles. The zero-order chi connectivity index (χ0) is 31.6. The van der Waals surface area contributed by atoms with Gasteiger partial charge < -0.3 is 29.5 Å².